The lowest BCUT2D eigenvalue weighted by Gasteiger charge is -1.89. The van der Waals surface area contributed by atoms with Crippen LogP contribution in [0.1, 0.15) is 39.5 Å². The van der Waals surface area contributed by atoms with Gasteiger partial charge in [-0.05, 0) is 24.0 Å². The first-order valence-corrected chi connectivity index (χ1v) is 5.23. The largest absolute Gasteiger partial charge is 0.134 e. The van der Waals surface area contributed by atoms with Crippen LogP contribution in [0.2, 0.25) is 0 Å². The van der Waals surface area contributed by atoms with Crippen molar-refractivity contribution < 1.29 is 0 Å². The first kappa shape index (κ1) is 10.1. The van der Waals surface area contributed by atoms with Gasteiger partial charge in [0.2, 0.25) is 0 Å². The van der Waals surface area contributed by atoms with E-state index in [9.17, 15) is 0 Å². The van der Waals surface area contributed by atoms with Crippen LogP contribution in [0.15, 0.2) is 11.5 Å². The van der Waals surface area contributed by atoms with Gasteiger partial charge in [0.15, 0.2) is 0 Å². The molecule has 0 aliphatic rings. The van der Waals surface area contributed by atoms with Crippen molar-refractivity contribution in [1.82, 2.24) is 0 Å². The first-order chi connectivity index (χ1) is 4.91. The third-order valence-corrected chi connectivity index (χ3v) is 2.27. The van der Waals surface area contributed by atoms with E-state index in [0.717, 1.165) is 0 Å². The highest BCUT2D eigenvalue weighted by atomic mass is 32.2. The average molecular weight is 158 g/mol. The van der Waals surface area contributed by atoms with E-state index < -0.39 is 0 Å². The van der Waals surface area contributed by atoms with Gasteiger partial charge in [-0.15, -0.1) is 11.8 Å². The van der Waals surface area contributed by atoms with Crippen molar-refractivity contribution in [3.8, 4) is 0 Å². The van der Waals surface area contributed by atoms with Gasteiger partial charge in [-0.1, -0.05) is 32.8 Å². The second-order valence-corrected chi connectivity index (χ2v) is 3.40. The zero-order chi connectivity index (χ0) is 7.66. The summed E-state index contributed by atoms with van der Waals surface area (Å²) in [6, 6.07) is 0. The number of hydrogen-bond donors (Lipinski definition) is 0. The van der Waals surface area contributed by atoms with E-state index in [-0.39, 0.29) is 0 Å². The molecule has 0 fully saturated rings. The van der Waals surface area contributed by atoms with Crippen LogP contribution < -0.4 is 0 Å². The molecule has 0 bridgehead atoms. The van der Waals surface area contributed by atoms with Gasteiger partial charge >= 0.3 is 0 Å². The maximum absolute atomic E-state index is 2.28. The highest BCUT2D eigenvalue weighted by Crippen LogP contribution is 2.05. The summed E-state index contributed by atoms with van der Waals surface area (Å²) in [4.78, 5) is 0. The number of allylic oxidation sites excluding steroid dienone is 1. The van der Waals surface area contributed by atoms with E-state index in [1.807, 2.05) is 11.8 Å². The summed E-state index contributed by atoms with van der Waals surface area (Å²) >= 11 is 1.92. The summed E-state index contributed by atoms with van der Waals surface area (Å²) < 4.78 is 0. The van der Waals surface area contributed by atoms with E-state index in [4.69, 9.17) is 0 Å². The van der Waals surface area contributed by atoms with Crippen molar-refractivity contribution in [2.75, 3.05) is 5.75 Å². The molecule has 0 atom stereocenters. The molecule has 1 heteroatoms. The lowest BCUT2D eigenvalue weighted by atomic mass is 10.2. The molecule has 0 nitrogen and oxygen atoms in total. The highest BCUT2D eigenvalue weighted by molar-refractivity contribution is 8.02. The fourth-order valence-electron chi connectivity index (χ4n) is 0.644. The molecule has 0 aliphatic heterocycles. The van der Waals surface area contributed by atoms with E-state index in [1.54, 1.807) is 0 Å². The van der Waals surface area contributed by atoms with Crippen LogP contribution in [0.5, 0.6) is 0 Å². The Kier molecular flexibility index (Phi) is 9.17. The molecule has 0 aliphatic carbocycles. The summed E-state index contributed by atoms with van der Waals surface area (Å²) in [6.07, 6.45) is 7.46. The summed E-state index contributed by atoms with van der Waals surface area (Å²) in [6.45, 7) is 4.44. The molecular weight excluding hydrogens is 140 g/mol. The van der Waals surface area contributed by atoms with Gasteiger partial charge in [0, 0.05) is 0 Å². The zero-order valence-corrected chi connectivity index (χ0v) is 7.91. The van der Waals surface area contributed by atoms with Crippen LogP contribution in [-0.2, 0) is 0 Å². The van der Waals surface area contributed by atoms with Gasteiger partial charge in [-0.25, -0.2) is 0 Å². The fraction of sp³-hybridized carbons (Fsp3) is 0.778. The lowest BCUT2D eigenvalue weighted by Crippen LogP contribution is -1.68. The summed E-state index contributed by atoms with van der Waals surface area (Å²) in [5.74, 6) is 1.27. The van der Waals surface area contributed by atoms with Gasteiger partial charge in [-0.3, -0.25) is 0 Å². The number of unbranched alkanes of at least 4 members (excludes halogenated alkanes) is 2. The van der Waals surface area contributed by atoms with Crippen LogP contribution in [0, 0.1) is 0 Å². The standard InChI is InChI=1S/C9H18S/c1-3-5-6-7-9-10-8-4-2/h7,9H,3-6,8H2,1-2H3/b9-7-. The number of hydrogen-bond acceptors (Lipinski definition) is 1. The topological polar surface area (TPSA) is 0 Å². The molecule has 0 unspecified atom stereocenters. The molecule has 10 heavy (non-hydrogen) atoms. The van der Waals surface area contributed by atoms with Gasteiger partial charge in [-0.2, -0.15) is 0 Å². The van der Waals surface area contributed by atoms with E-state index in [0.29, 0.717) is 0 Å². The number of rotatable bonds is 6. The molecule has 0 spiro atoms. The first-order valence-electron chi connectivity index (χ1n) is 4.18. The molecule has 0 rings (SSSR count). The van der Waals surface area contributed by atoms with Gasteiger partial charge < -0.3 is 0 Å². The molecule has 0 saturated heterocycles. The molecule has 0 saturated carbocycles. The van der Waals surface area contributed by atoms with Gasteiger partial charge in [0.1, 0.15) is 0 Å². The monoisotopic (exact) mass is 158 g/mol. The van der Waals surface area contributed by atoms with Crippen molar-refractivity contribution in [3.05, 3.63) is 11.5 Å². The Bertz CT molecular complexity index is 66.8. The molecular formula is C9H18S. The van der Waals surface area contributed by atoms with Crippen LogP contribution in [-0.4, -0.2) is 5.75 Å². The van der Waals surface area contributed by atoms with Crippen LogP contribution >= 0.6 is 11.8 Å². The van der Waals surface area contributed by atoms with Crippen molar-refractivity contribution >= 4 is 11.8 Å². The predicted molar refractivity (Wildman–Crippen MR) is 51.4 cm³/mol. The Balaban J connectivity index is 2.89. The van der Waals surface area contributed by atoms with Gasteiger partial charge in [0.25, 0.3) is 0 Å². The quantitative estimate of drug-likeness (QED) is 0.529. The Morgan fingerprint density at radius 1 is 1.20 bits per heavy atom. The SMILES string of the molecule is CCCC/C=C\SCCC. The Morgan fingerprint density at radius 3 is 2.60 bits per heavy atom. The van der Waals surface area contributed by atoms with Crippen molar-refractivity contribution in [2.24, 2.45) is 0 Å². The summed E-state index contributed by atoms with van der Waals surface area (Å²) in [5, 5.41) is 2.24. The Hall–Kier alpha value is 0.0900. The second kappa shape index (κ2) is 9.09. The Morgan fingerprint density at radius 2 is 2.00 bits per heavy atom. The van der Waals surface area contributed by atoms with Gasteiger partial charge in [0.05, 0.1) is 0 Å². The maximum atomic E-state index is 2.28. The van der Waals surface area contributed by atoms with E-state index in [2.05, 4.69) is 25.3 Å². The van der Waals surface area contributed by atoms with Crippen molar-refractivity contribution in [3.63, 3.8) is 0 Å². The van der Waals surface area contributed by atoms with Crippen molar-refractivity contribution in [2.45, 2.75) is 39.5 Å². The fourth-order valence-corrected chi connectivity index (χ4v) is 1.29. The molecule has 0 aromatic rings. The number of thioether (sulfide) groups is 1. The third-order valence-electron chi connectivity index (χ3n) is 1.24. The van der Waals surface area contributed by atoms with Crippen LogP contribution in [0.3, 0.4) is 0 Å². The predicted octanol–water partition coefficient (Wildman–Crippen LogP) is 3.83. The van der Waals surface area contributed by atoms with Crippen molar-refractivity contribution in [1.29, 1.82) is 0 Å². The molecule has 0 N–H and O–H groups in total. The lowest BCUT2D eigenvalue weighted by molar-refractivity contribution is 0.815. The minimum atomic E-state index is 1.26. The smallest absolute Gasteiger partial charge is 0.00287 e. The third kappa shape index (κ3) is 8.09. The highest BCUT2D eigenvalue weighted by Gasteiger charge is 1.78. The zero-order valence-electron chi connectivity index (χ0n) is 7.10. The molecule has 0 radical (unpaired) electrons. The summed E-state index contributed by atoms with van der Waals surface area (Å²) in [5.41, 5.74) is 0. The maximum Gasteiger partial charge on any atom is -0.00287 e. The Labute approximate surface area is 69.1 Å². The molecule has 0 heterocycles. The van der Waals surface area contributed by atoms with Crippen LogP contribution in [0.4, 0.5) is 0 Å². The second-order valence-electron chi connectivity index (χ2n) is 2.38. The van der Waals surface area contributed by atoms with E-state index in [1.165, 1.54) is 31.4 Å². The molecule has 0 aromatic heterocycles. The molecule has 0 aromatic carbocycles. The normalized spacial score (nSPS) is 11.0. The van der Waals surface area contributed by atoms with E-state index >= 15 is 0 Å². The molecule has 60 valence electrons. The molecule has 0 amide bonds. The van der Waals surface area contributed by atoms with Crippen LogP contribution in [0.25, 0.3) is 0 Å². The summed E-state index contributed by atoms with van der Waals surface area (Å²) in [7, 11) is 0. The minimum Gasteiger partial charge on any atom is -0.134 e. The average Bonchev–Trinajstić information content (AvgIpc) is 1.97. The minimum absolute atomic E-state index is 1.26.